The van der Waals surface area contributed by atoms with Crippen LogP contribution < -0.4 is 9.47 Å². The van der Waals surface area contributed by atoms with E-state index < -0.39 is 5.82 Å². The Kier molecular flexibility index (Phi) is 5.17. The van der Waals surface area contributed by atoms with Gasteiger partial charge in [-0.1, -0.05) is 29.8 Å². The molecule has 2 rings (SSSR count). The van der Waals surface area contributed by atoms with Gasteiger partial charge in [0.25, 0.3) is 0 Å². The molecule has 0 fully saturated rings. The first-order valence-corrected chi connectivity index (χ1v) is 6.82. The Hall–Kier alpha value is -2.33. The third kappa shape index (κ3) is 3.65. The molecule has 0 heterocycles. The monoisotopic (exact) mass is 320 g/mol. The quantitative estimate of drug-likeness (QED) is 0.605. The molecule has 0 saturated heterocycles. The molecule has 0 unspecified atom stereocenters. The minimum absolute atomic E-state index is 0.280. The van der Waals surface area contributed by atoms with Gasteiger partial charge in [-0.05, 0) is 35.9 Å². The molecule has 0 amide bonds. The molecule has 3 nitrogen and oxygen atoms in total. The summed E-state index contributed by atoms with van der Waals surface area (Å²) in [4.78, 5) is 12.0. The van der Waals surface area contributed by atoms with Crippen molar-refractivity contribution in [1.29, 1.82) is 0 Å². The smallest absolute Gasteiger partial charge is 0.185 e. The second kappa shape index (κ2) is 7.09. The lowest BCUT2D eigenvalue weighted by atomic mass is 10.1. The second-order valence-corrected chi connectivity index (χ2v) is 4.85. The predicted molar refractivity (Wildman–Crippen MR) is 84.3 cm³/mol. The first kappa shape index (κ1) is 16.0. The number of allylic oxidation sites excluding steroid dienone is 1. The SMILES string of the molecule is COc1cc(/C=C/C(=O)c2cccc(F)c2)cc(Cl)c1OC. The normalized spacial score (nSPS) is 10.7. The molecule has 0 N–H and O–H groups in total. The average molecular weight is 321 g/mol. The van der Waals surface area contributed by atoms with Crippen molar-refractivity contribution in [3.05, 3.63) is 64.4 Å². The summed E-state index contributed by atoms with van der Waals surface area (Å²) in [7, 11) is 2.99. The molecule has 0 aliphatic heterocycles. The van der Waals surface area contributed by atoms with Gasteiger partial charge in [0.15, 0.2) is 17.3 Å². The van der Waals surface area contributed by atoms with E-state index in [9.17, 15) is 9.18 Å². The minimum atomic E-state index is -0.451. The maximum absolute atomic E-state index is 13.1. The number of carbonyl (C=O) groups is 1. The van der Waals surface area contributed by atoms with Gasteiger partial charge >= 0.3 is 0 Å². The van der Waals surface area contributed by atoms with Crippen molar-refractivity contribution in [2.45, 2.75) is 0 Å². The molecular formula is C17H14ClFO3. The standard InChI is InChI=1S/C17H14ClFO3/c1-21-16-9-11(8-14(18)17(16)22-2)6-7-15(20)12-4-3-5-13(19)10-12/h3-10H,1-2H3/b7-6+. The molecule has 0 radical (unpaired) electrons. The average Bonchev–Trinajstić information content (AvgIpc) is 2.51. The van der Waals surface area contributed by atoms with Gasteiger partial charge in [-0.2, -0.15) is 0 Å². The van der Waals surface area contributed by atoms with Gasteiger partial charge in [-0.25, -0.2) is 4.39 Å². The van der Waals surface area contributed by atoms with E-state index in [-0.39, 0.29) is 11.3 Å². The van der Waals surface area contributed by atoms with E-state index in [0.717, 1.165) is 0 Å². The lowest BCUT2D eigenvalue weighted by Crippen LogP contribution is -1.95. The van der Waals surface area contributed by atoms with E-state index in [0.29, 0.717) is 22.1 Å². The largest absolute Gasteiger partial charge is 0.493 e. The van der Waals surface area contributed by atoms with Crippen molar-refractivity contribution in [1.82, 2.24) is 0 Å². The van der Waals surface area contributed by atoms with Crippen LogP contribution in [0.25, 0.3) is 6.08 Å². The highest BCUT2D eigenvalue weighted by atomic mass is 35.5. The second-order valence-electron chi connectivity index (χ2n) is 4.45. The maximum Gasteiger partial charge on any atom is 0.185 e. The number of ketones is 1. The van der Waals surface area contributed by atoms with Gasteiger partial charge in [-0.15, -0.1) is 0 Å². The van der Waals surface area contributed by atoms with Crippen LogP contribution in [0.1, 0.15) is 15.9 Å². The van der Waals surface area contributed by atoms with Gasteiger partial charge < -0.3 is 9.47 Å². The molecule has 0 bridgehead atoms. The topological polar surface area (TPSA) is 35.5 Å². The number of benzene rings is 2. The number of ether oxygens (including phenoxy) is 2. The fourth-order valence-electron chi connectivity index (χ4n) is 1.94. The Labute approximate surface area is 132 Å². The Morgan fingerprint density at radius 3 is 2.59 bits per heavy atom. The van der Waals surface area contributed by atoms with E-state index in [1.165, 1.54) is 38.5 Å². The number of rotatable bonds is 5. The van der Waals surface area contributed by atoms with Crippen molar-refractivity contribution in [3.63, 3.8) is 0 Å². The Bertz CT molecular complexity index is 726. The zero-order valence-corrected chi connectivity index (χ0v) is 12.9. The van der Waals surface area contributed by atoms with Gasteiger partial charge in [0.2, 0.25) is 0 Å². The first-order chi connectivity index (χ1) is 10.5. The summed E-state index contributed by atoms with van der Waals surface area (Å²) in [6.07, 6.45) is 2.94. The van der Waals surface area contributed by atoms with Crippen molar-refractivity contribution in [2.24, 2.45) is 0 Å². The third-order valence-corrected chi connectivity index (χ3v) is 3.27. The lowest BCUT2D eigenvalue weighted by molar-refractivity contribution is 0.104. The highest BCUT2D eigenvalue weighted by Gasteiger charge is 2.10. The lowest BCUT2D eigenvalue weighted by Gasteiger charge is -2.10. The molecule has 0 aliphatic rings. The van der Waals surface area contributed by atoms with Crippen LogP contribution in [0.2, 0.25) is 5.02 Å². The summed E-state index contributed by atoms with van der Waals surface area (Å²) in [5, 5.41) is 0.375. The minimum Gasteiger partial charge on any atom is -0.493 e. The van der Waals surface area contributed by atoms with Crippen molar-refractivity contribution in [2.75, 3.05) is 14.2 Å². The Balaban J connectivity index is 2.26. The van der Waals surface area contributed by atoms with E-state index in [1.807, 2.05) is 0 Å². The van der Waals surface area contributed by atoms with Crippen LogP contribution in [-0.2, 0) is 0 Å². The van der Waals surface area contributed by atoms with E-state index in [4.69, 9.17) is 21.1 Å². The number of hydrogen-bond donors (Lipinski definition) is 0. The summed E-state index contributed by atoms with van der Waals surface area (Å²) < 4.78 is 23.4. The van der Waals surface area contributed by atoms with Crippen LogP contribution in [0.15, 0.2) is 42.5 Å². The molecule has 114 valence electrons. The fraction of sp³-hybridized carbons (Fsp3) is 0.118. The highest BCUT2D eigenvalue weighted by Crippen LogP contribution is 2.36. The van der Waals surface area contributed by atoms with E-state index >= 15 is 0 Å². The van der Waals surface area contributed by atoms with Crippen molar-refractivity contribution in [3.8, 4) is 11.5 Å². The number of carbonyl (C=O) groups excluding carboxylic acids is 1. The fourth-order valence-corrected chi connectivity index (χ4v) is 2.24. The van der Waals surface area contributed by atoms with Crippen LogP contribution in [0.4, 0.5) is 4.39 Å². The first-order valence-electron chi connectivity index (χ1n) is 6.44. The van der Waals surface area contributed by atoms with Gasteiger partial charge in [-0.3, -0.25) is 4.79 Å². The molecule has 5 heteroatoms. The summed E-state index contributed by atoms with van der Waals surface area (Å²) >= 11 is 6.09. The van der Waals surface area contributed by atoms with Gasteiger partial charge in [0.1, 0.15) is 5.82 Å². The van der Waals surface area contributed by atoms with Crippen LogP contribution >= 0.6 is 11.6 Å². The molecule has 22 heavy (non-hydrogen) atoms. The summed E-state index contributed by atoms with van der Waals surface area (Å²) in [5.41, 5.74) is 0.954. The Morgan fingerprint density at radius 1 is 1.18 bits per heavy atom. The highest BCUT2D eigenvalue weighted by molar-refractivity contribution is 6.32. The van der Waals surface area contributed by atoms with Crippen LogP contribution in [0.3, 0.4) is 0 Å². The zero-order valence-electron chi connectivity index (χ0n) is 12.1. The van der Waals surface area contributed by atoms with Crippen molar-refractivity contribution < 1.29 is 18.7 Å². The summed E-state index contributed by atoms with van der Waals surface area (Å²) in [6.45, 7) is 0. The molecule has 0 saturated carbocycles. The number of hydrogen-bond acceptors (Lipinski definition) is 3. The van der Waals surface area contributed by atoms with Crippen molar-refractivity contribution >= 4 is 23.5 Å². The third-order valence-electron chi connectivity index (χ3n) is 2.99. The van der Waals surface area contributed by atoms with E-state index in [1.54, 1.807) is 24.3 Å². The summed E-state index contributed by atoms with van der Waals surface area (Å²) in [6, 6.07) is 8.86. The Morgan fingerprint density at radius 2 is 1.95 bits per heavy atom. The predicted octanol–water partition coefficient (Wildman–Crippen LogP) is 4.39. The number of halogens is 2. The zero-order chi connectivity index (χ0) is 16.1. The molecular weight excluding hydrogens is 307 g/mol. The van der Waals surface area contributed by atoms with Gasteiger partial charge in [0, 0.05) is 5.56 Å². The number of methoxy groups -OCH3 is 2. The van der Waals surface area contributed by atoms with Crippen LogP contribution in [0, 0.1) is 5.82 Å². The molecule has 2 aromatic carbocycles. The molecule has 0 aromatic heterocycles. The van der Waals surface area contributed by atoms with Crippen LogP contribution in [0.5, 0.6) is 11.5 Å². The maximum atomic E-state index is 13.1. The van der Waals surface area contributed by atoms with Gasteiger partial charge in [0.05, 0.1) is 19.2 Å². The molecule has 0 spiro atoms. The van der Waals surface area contributed by atoms with Crippen LogP contribution in [-0.4, -0.2) is 20.0 Å². The van der Waals surface area contributed by atoms with E-state index in [2.05, 4.69) is 0 Å². The summed E-state index contributed by atoms with van der Waals surface area (Å²) in [5.74, 6) is 0.143. The molecule has 0 aliphatic carbocycles. The molecule has 2 aromatic rings. The molecule has 0 atom stereocenters.